The molecule has 0 radical (unpaired) electrons. The summed E-state index contributed by atoms with van der Waals surface area (Å²) < 4.78 is 12.8. The molecule has 4 aliphatic heterocycles. The molecule has 5 aromatic heterocycles. The first-order chi connectivity index (χ1) is 30.7. The second-order valence-corrected chi connectivity index (χ2v) is 29.6. The fourth-order valence-electron chi connectivity index (χ4n) is 9.91. The highest BCUT2D eigenvalue weighted by atomic mass is 28.3. The average molecular weight is 900 g/mol. The minimum atomic E-state index is -1.99. The second kappa shape index (κ2) is 16.1. The van der Waals surface area contributed by atoms with Crippen molar-refractivity contribution in [3.8, 4) is 11.5 Å². The molecule has 0 saturated carbocycles. The number of aryl methyl sites for hydroxylation is 2. The van der Waals surface area contributed by atoms with Gasteiger partial charge in [0.25, 0.3) is 0 Å². The first-order valence-corrected chi connectivity index (χ1v) is 28.7. The number of likely N-dealkylation sites (N-methyl/N-ethyl adjacent to an activating group) is 2. The molecule has 0 bridgehead atoms. The van der Waals surface area contributed by atoms with Crippen LogP contribution in [0.15, 0.2) is 58.4 Å². The number of amides is 2. The van der Waals surface area contributed by atoms with Crippen molar-refractivity contribution in [2.24, 2.45) is 0 Å². The number of rotatable bonds is 9. The fraction of sp³-hybridized carbons (Fsp3) is 0.455. The van der Waals surface area contributed by atoms with Gasteiger partial charge in [0.05, 0.1) is 51.3 Å². The summed E-state index contributed by atoms with van der Waals surface area (Å²) in [5.74, 6) is 3.46. The normalized spacial score (nSPS) is 21.3. The lowest BCUT2D eigenvalue weighted by atomic mass is 10.1. The minimum Gasteiger partial charge on any atom is -0.442 e. The van der Waals surface area contributed by atoms with Gasteiger partial charge in [-0.15, -0.1) is 0 Å². The van der Waals surface area contributed by atoms with Gasteiger partial charge in [-0.2, -0.15) is 4.98 Å². The van der Waals surface area contributed by atoms with Gasteiger partial charge in [0, 0.05) is 40.3 Å². The van der Waals surface area contributed by atoms with E-state index < -0.39 is 16.1 Å². The quantitative estimate of drug-likeness (QED) is 0.114. The maximum atomic E-state index is 13.7. The highest BCUT2D eigenvalue weighted by Crippen LogP contribution is 2.41. The Kier molecular flexibility index (Phi) is 10.5. The summed E-state index contributed by atoms with van der Waals surface area (Å²) in [5.41, 5.74) is 7.18. The third-order valence-electron chi connectivity index (χ3n) is 14.2. The molecule has 4 aliphatic rings. The number of hydrogen-bond acceptors (Lipinski definition) is 15. The van der Waals surface area contributed by atoms with Crippen LogP contribution >= 0.6 is 0 Å². The molecule has 0 spiro atoms. The molecule has 64 heavy (non-hydrogen) atoms. The highest BCUT2D eigenvalue weighted by molar-refractivity contribution is 6.77. The molecule has 332 valence electrons. The second-order valence-electron chi connectivity index (χ2n) is 19.3. The lowest BCUT2D eigenvalue weighted by molar-refractivity contribution is -0.668. The summed E-state index contributed by atoms with van der Waals surface area (Å²) in [5, 5.41) is 15.3. The van der Waals surface area contributed by atoms with Crippen molar-refractivity contribution in [1.29, 1.82) is 0 Å². The Hall–Kier alpha value is -6.29. The summed E-state index contributed by atoms with van der Waals surface area (Å²) >= 11 is 0. The predicted octanol–water partition coefficient (Wildman–Crippen LogP) is 6.77. The zero-order chi connectivity index (χ0) is 44.5. The van der Waals surface area contributed by atoms with Crippen molar-refractivity contribution < 1.29 is 23.2 Å². The van der Waals surface area contributed by atoms with Crippen LogP contribution < -0.4 is 34.8 Å². The van der Waals surface area contributed by atoms with Crippen LogP contribution in [0, 0.1) is 13.8 Å². The number of carbonyl (C=O) groups excluding carboxylic acids is 2. The number of hydrogen-bond donors (Lipinski definition) is 2. The zero-order valence-electron chi connectivity index (χ0n) is 37.6. The lowest BCUT2D eigenvalue weighted by Crippen LogP contribution is -2.57. The Balaban J connectivity index is 0.923. The van der Waals surface area contributed by atoms with Gasteiger partial charge in [0.15, 0.2) is 18.0 Å². The van der Waals surface area contributed by atoms with E-state index in [9.17, 15) is 9.59 Å². The molecular formula is C44H55N14O4Si2+. The van der Waals surface area contributed by atoms with E-state index in [1.807, 2.05) is 39.1 Å². The first kappa shape index (κ1) is 41.7. The minimum absolute atomic E-state index is 0.0125. The van der Waals surface area contributed by atoms with Crippen LogP contribution in [0.2, 0.25) is 43.8 Å². The first-order valence-electron chi connectivity index (χ1n) is 22.2. The van der Waals surface area contributed by atoms with E-state index >= 15 is 0 Å². The van der Waals surface area contributed by atoms with Crippen molar-refractivity contribution in [3.63, 3.8) is 0 Å². The van der Waals surface area contributed by atoms with Crippen molar-refractivity contribution >= 4 is 85.3 Å². The maximum absolute atomic E-state index is 13.7. The predicted molar refractivity (Wildman–Crippen MR) is 250 cm³/mol. The molecule has 2 amide bonds. The highest BCUT2D eigenvalue weighted by Gasteiger charge is 2.43. The SMILES string of the molecule is Cc1cc(-c2cnco2)ncc1Nc1ncc2c(n1)N(C1CC[Si](C)(C[n+]3cc4c(nc3Nc3cc5nonc5cc3C)N(C3CC[Si](C)(C)CC3)CC(=O)N4C)CC1)CC(=O)N2C. The van der Waals surface area contributed by atoms with E-state index in [2.05, 4.69) is 76.1 Å². The Morgan fingerprint density at radius 2 is 1.39 bits per heavy atom. The average Bonchev–Trinajstić information content (AvgIpc) is 3.98. The van der Waals surface area contributed by atoms with Crippen LogP contribution in [0.1, 0.15) is 36.8 Å². The van der Waals surface area contributed by atoms with E-state index in [1.54, 1.807) is 35.4 Å². The summed E-state index contributed by atoms with van der Waals surface area (Å²) in [4.78, 5) is 58.8. The Labute approximate surface area is 373 Å². The standard InChI is InChI=1S/C44H54N14O4Si2/c1-27-16-32-33(53-62-52-32)18-31(27)49-44-51-42-37(55(4)40(60)24-58(42)29-8-12-63(5,6)13-9-29)22-56(44)26-64(7)14-10-30(11-15-64)57-23-39(59)54(3)36-20-47-43(50-41(36)57)48-35-19-46-34(17-28(35)2)38-21-45-25-61-38/h16-22,25,29-30H,8-15,23-24,26H2,1-7H3,(H,47,48,50)/p+1. The number of pyridine rings is 1. The molecule has 6 aromatic rings. The van der Waals surface area contributed by atoms with Gasteiger partial charge in [-0.3, -0.25) is 14.6 Å². The summed E-state index contributed by atoms with van der Waals surface area (Å²) in [6.45, 7) is 12.0. The van der Waals surface area contributed by atoms with E-state index in [0.717, 1.165) is 89.7 Å². The molecule has 2 saturated heterocycles. The van der Waals surface area contributed by atoms with Crippen molar-refractivity contribution in [2.75, 3.05) is 57.4 Å². The number of nitrogens with zero attached hydrogens (tertiary/aromatic N) is 12. The summed E-state index contributed by atoms with van der Waals surface area (Å²) in [7, 11) is 0.447. The topological polar surface area (TPSA) is 192 Å². The van der Waals surface area contributed by atoms with Gasteiger partial charge in [0.2, 0.25) is 23.6 Å². The maximum Gasteiger partial charge on any atom is 0.398 e. The molecule has 20 heteroatoms. The van der Waals surface area contributed by atoms with Crippen molar-refractivity contribution in [3.05, 3.63) is 60.5 Å². The molecule has 9 heterocycles. The summed E-state index contributed by atoms with van der Waals surface area (Å²) in [6.07, 6.45) is 13.5. The third kappa shape index (κ3) is 7.86. The Morgan fingerprint density at radius 3 is 2.06 bits per heavy atom. The van der Waals surface area contributed by atoms with Crippen LogP contribution in [0.5, 0.6) is 0 Å². The van der Waals surface area contributed by atoms with Crippen molar-refractivity contribution in [2.45, 2.75) is 102 Å². The van der Waals surface area contributed by atoms with Gasteiger partial charge in [-0.1, -0.05) is 48.8 Å². The van der Waals surface area contributed by atoms with Gasteiger partial charge < -0.3 is 29.3 Å². The van der Waals surface area contributed by atoms with Gasteiger partial charge in [0.1, 0.15) is 40.3 Å². The number of anilines is 8. The number of benzene rings is 1. The van der Waals surface area contributed by atoms with Gasteiger partial charge in [-0.05, 0) is 73.1 Å². The Morgan fingerprint density at radius 1 is 0.750 bits per heavy atom. The van der Waals surface area contributed by atoms with Crippen LogP contribution in [-0.2, 0) is 15.8 Å². The van der Waals surface area contributed by atoms with Gasteiger partial charge in [-0.25, -0.2) is 24.5 Å². The number of fused-ring (bicyclic) bond motifs is 3. The van der Waals surface area contributed by atoms with Crippen LogP contribution in [0.3, 0.4) is 0 Å². The molecule has 0 aliphatic carbocycles. The van der Waals surface area contributed by atoms with E-state index in [1.165, 1.54) is 18.5 Å². The fourth-order valence-corrected chi connectivity index (χ4v) is 16.1. The number of carbonyl (C=O) groups is 2. The molecular weight excluding hydrogens is 845 g/mol. The third-order valence-corrected chi connectivity index (χ3v) is 21.5. The zero-order valence-corrected chi connectivity index (χ0v) is 39.6. The molecule has 0 atom stereocenters. The Bertz CT molecular complexity index is 2760. The molecule has 18 nitrogen and oxygen atoms in total. The molecule has 2 N–H and O–H groups in total. The number of nitrogens with one attached hydrogen (secondary N) is 2. The van der Waals surface area contributed by atoms with E-state index in [-0.39, 0.29) is 30.4 Å². The van der Waals surface area contributed by atoms with Gasteiger partial charge >= 0.3 is 5.95 Å². The summed E-state index contributed by atoms with van der Waals surface area (Å²) in [6, 6.07) is 10.8. The molecule has 10 rings (SSSR count). The van der Waals surface area contributed by atoms with Crippen molar-refractivity contribution in [1.82, 2.24) is 35.2 Å². The van der Waals surface area contributed by atoms with E-state index in [0.29, 0.717) is 40.7 Å². The number of oxazole rings is 1. The van der Waals surface area contributed by atoms with E-state index in [4.69, 9.17) is 19.0 Å². The van der Waals surface area contributed by atoms with Crippen LogP contribution in [-0.4, -0.2) is 102 Å². The number of aromatic nitrogens is 8. The monoisotopic (exact) mass is 899 g/mol. The lowest BCUT2D eigenvalue weighted by Gasteiger charge is -2.44. The molecule has 0 unspecified atom stereocenters. The molecule has 2 fully saturated rings. The van der Waals surface area contributed by atoms with Crippen LogP contribution in [0.25, 0.3) is 22.5 Å². The largest absolute Gasteiger partial charge is 0.442 e. The molecule has 1 aromatic carbocycles. The smallest absolute Gasteiger partial charge is 0.398 e. The van der Waals surface area contributed by atoms with Crippen LogP contribution in [0.4, 0.5) is 46.3 Å².